The van der Waals surface area contributed by atoms with Crippen LogP contribution in [0.15, 0.2) is 12.3 Å². The van der Waals surface area contributed by atoms with Crippen LogP contribution in [0.2, 0.25) is 0 Å². The van der Waals surface area contributed by atoms with E-state index in [2.05, 4.69) is 49.0 Å². The third kappa shape index (κ3) is 2.30. The van der Waals surface area contributed by atoms with Crippen molar-refractivity contribution in [1.29, 1.82) is 0 Å². The van der Waals surface area contributed by atoms with E-state index in [-0.39, 0.29) is 0 Å². The number of rotatable bonds is 3. The molecule has 1 aliphatic rings. The van der Waals surface area contributed by atoms with E-state index in [1.807, 2.05) is 0 Å². The van der Waals surface area contributed by atoms with Gasteiger partial charge in [0.1, 0.15) is 0 Å². The minimum Gasteiger partial charge on any atom is -0.310 e. The molecule has 0 aromatic rings. The highest BCUT2D eigenvalue weighted by Gasteiger charge is 2.27. The average Bonchev–Trinajstić information content (AvgIpc) is 2.34. The lowest BCUT2D eigenvalue weighted by atomic mass is 9.92. The molecule has 0 radical (unpaired) electrons. The Morgan fingerprint density at radius 3 is 2.58 bits per heavy atom. The summed E-state index contributed by atoms with van der Waals surface area (Å²) in [7, 11) is 3.20. The van der Waals surface area contributed by atoms with Crippen molar-refractivity contribution in [3.63, 3.8) is 0 Å². The molecule has 1 heterocycles. The SMILES string of the molecule is CC(C)C1C=CN(SSS)C1C. The van der Waals surface area contributed by atoms with E-state index in [1.54, 1.807) is 11.0 Å². The maximum Gasteiger partial charge on any atom is 0.0445 e. The smallest absolute Gasteiger partial charge is 0.0445 e. The average molecular weight is 221 g/mol. The fraction of sp³-hybridized carbons (Fsp3) is 0.750. The van der Waals surface area contributed by atoms with Gasteiger partial charge in [-0.1, -0.05) is 31.6 Å². The predicted octanol–water partition coefficient (Wildman–Crippen LogP) is 3.62. The second-order valence-electron chi connectivity index (χ2n) is 3.41. The lowest BCUT2D eigenvalue weighted by molar-refractivity contribution is 0.341. The van der Waals surface area contributed by atoms with Gasteiger partial charge in [0, 0.05) is 29.1 Å². The molecule has 70 valence electrons. The van der Waals surface area contributed by atoms with Crippen LogP contribution in [0.3, 0.4) is 0 Å². The molecule has 0 amide bonds. The molecule has 0 bridgehead atoms. The highest BCUT2D eigenvalue weighted by molar-refractivity contribution is 9.04. The molecule has 0 N–H and O–H groups in total. The fourth-order valence-electron chi connectivity index (χ4n) is 1.56. The summed E-state index contributed by atoms with van der Waals surface area (Å²) in [6.07, 6.45) is 4.47. The lowest BCUT2D eigenvalue weighted by Crippen LogP contribution is -2.25. The third-order valence-electron chi connectivity index (χ3n) is 2.30. The molecular weight excluding hydrogens is 206 g/mol. The zero-order valence-electron chi connectivity index (χ0n) is 7.60. The Bertz CT molecular complexity index is 170. The van der Waals surface area contributed by atoms with Crippen LogP contribution < -0.4 is 0 Å². The zero-order valence-corrected chi connectivity index (χ0v) is 10.1. The van der Waals surface area contributed by atoms with Gasteiger partial charge in [0.05, 0.1) is 0 Å². The second kappa shape index (κ2) is 4.72. The van der Waals surface area contributed by atoms with Gasteiger partial charge in [0.15, 0.2) is 0 Å². The van der Waals surface area contributed by atoms with E-state index in [0.717, 1.165) is 5.92 Å². The van der Waals surface area contributed by atoms with Crippen LogP contribution >= 0.6 is 32.5 Å². The van der Waals surface area contributed by atoms with E-state index in [0.29, 0.717) is 12.0 Å². The number of hydrogen-bond acceptors (Lipinski definition) is 4. The summed E-state index contributed by atoms with van der Waals surface area (Å²) in [5.74, 6) is 1.42. The number of nitrogens with zero attached hydrogens (tertiary/aromatic N) is 1. The van der Waals surface area contributed by atoms with Crippen molar-refractivity contribution in [2.75, 3.05) is 0 Å². The van der Waals surface area contributed by atoms with E-state index in [4.69, 9.17) is 0 Å². The van der Waals surface area contributed by atoms with Crippen molar-refractivity contribution in [2.24, 2.45) is 11.8 Å². The third-order valence-corrected chi connectivity index (χ3v) is 4.31. The summed E-state index contributed by atoms with van der Waals surface area (Å²) in [6, 6.07) is 0.606. The van der Waals surface area contributed by atoms with Gasteiger partial charge < -0.3 is 4.31 Å². The summed E-state index contributed by atoms with van der Waals surface area (Å²) in [4.78, 5) is 0. The van der Waals surface area contributed by atoms with Crippen molar-refractivity contribution in [3.8, 4) is 0 Å². The van der Waals surface area contributed by atoms with Gasteiger partial charge in [-0.05, 0) is 22.7 Å². The summed E-state index contributed by atoms with van der Waals surface area (Å²) in [5.41, 5.74) is 0. The van der Waals surface area contributed by atoms with Gasteiger partial charge in [-0.2, -0.15) is 0 Å². The van der Waals surface area contributed by atoms with Crippen LogP contribution in [0.4, 0.5) is 0 Å². The normalized spacial score (nSPS) is 28.9. The van der Waals surface area contributed by atoms with Gasteiger partial charge in [-0.25, -0.2) is 0 Å². The molecule has 12 heavy (non-hydrogen) atoms. The molecular formula is C8H15NS3. The summed E-state index contributed by atoms with van der Waals surface area (Å²) in [5, 5.41) is 0. The minimum absolute atomic E-state index is 0.606. The molecule has 0 saturated heterocycles. The van der Waals surface area contributed by atoms with Gasteiger partial charge >= 0.3 is 0 Å². The molecule has 1 aliphatic heterocycles. The summed E-state index contributed by atoms with van der Waals surface area (Å²) >= 11 is 4.12. The molecule has 4 heteroatoms. The highest BCUT2D eigenvalue weighted by atomic mass is 33.5. The van der Waals surface area contributed by atoms with Gasteiger partial charge in [0.25, 0.3) is 0 Å². The van der Waals surface area contributed by atoms with Crippen LogP contribution in [0.5, 0.6) is 0 Å². The lowest BCUT2D eigenvalue weighted by Gasteiger charge is -2.25. The van der Waals surface area contributed by atoms with Crippen LogP contribution in [0.25, 0.3) is 0 Å². The molecule has 0 aromatic heterocycles. The molecule has 2 unspecified atom stereocenters. The first kappa shape index (κ1) is 10.7. The number of hydrogen-bond donors (Lipinski definition) is 1. The largest absolute Gasteiger partial charge is 0.310 e. The second-order valence-corrected chi connectivity index (χ2v) is 6.37. The molecule has 1 rings (SSSR count). The Labute approximate surface area is 87.7 Å². The first-order chi connectivity index (χ1) is 5.66. The Morgan fingerprint density at radius 2 is 2.17 bits per heavy atom. The van der Waals surface area contributed by atoms with Crippen molar-refractivity contribution in [2.45, 2.75) is 26.8 Å². The van der Waals surface area contributed by atoms with E-state index in [9.17, 15) is 0 Å². The van der Waals surface area contributed by atoms with Gasteiger partial charge in [0.2, 0.25) is 0 Å². The van der Waals surface area contributed by atoms with Crippen molar-refractivity contribution in [3.05, 3.63) is 12.3 Å². The Morgan fingerprint density at radius 1 is 1.50 bits per heavy atom. The monoisotopic (exact) mass is 221 g/mol. The number of thiol groups is 1. The Balaban J connectivity index is 2.50. The first-order valence-electron chi connectivity index (χ1n) is 4.11. The van der Waals surface area contributed by atoms with Gasteiger partial charge in [-0.15, -0.1) is 0 Å². The van der Waals surface area contributed by atoms with Crippen LogP contribution in [-0.2, 0) is 0 Å². The molecule has 0 aromatic carbocycles. The summed E-state index contributed by atoms with van der Waals surface area (Å²) in [6.45, 7) is 6.81. The Kier molecular flexibility index (Phi) is 4.20. The topological polar surface area (TPSA) is 3.24 Å². The molecule has 0 saturated carbocycles. The molecule has 0 aliphatic carbocycles. The van der Waals surface area contributed by atoms with Crippen LogP contribution in [0.1, 0.15) is 20.8 Å². The standard InChI is InChI=1S/C8H15NS3/c1-6(2)8-4-5-9(7(8)3)11-12-10/h4-8,10H,1-3H3. The van der Waals surface area contributed by atoms with Crippen LogP contribution in [-0.4, -0.2) is 10.3 Å². The first-order valence-corrected chi connectivity index (χ1v) is 7.27. The molecule has 0 spiro atoms. The van der Waals surface area contributed by atoms with E-state index in [1.165, 1.54) is 9.83 Å². The quantitative estimate of drug-likeness (QED) is 0.441. The maximum absolute atomic E-state index is 4.12. The minimum atomic E-state index is 0.606. The summed E-state index contributed by atoms with van der Waals surface area (Å²) < 4.78 is 2.27. The molecule has 2 atom stereocenters. The highest BCUT2D eigenvalue weighted by Crippen LogP contribution is 2.38. The van der Waals surface area contributed by atoms with E-state index >= 15 is 0 Å². The van der Waals surface area contributed by atoms with Crippen molar-refractivity contribution in [1.82, 2.24) is 4.31 Å². The fourth-order valence-corrected chi connectivity index (χ4v) is 3.51. The zero-order chi connectivity index (χ0) is 9.14. The predicted molar refractivity (Wildman–Crippen MR) is 62.9 cm³/mol. The van der Waals surface area contributed by atoms with Crippen molar-refractivity contribution >= 4 is 32.5 Å². The molecule has 0 fully saturated rings. The van der Waals surface area contributed by atoms with Crippen molar-refractivity contribution < 1.29 is 0 Å². The van der Waals surface area contributed by atoms with Crippen LogP contribution in [0, 0.1) is 11.8 Å². The van der Waals surface area contributed by atoms with E-state index < -0.39 is 0 Å². The maximum atomic E-state index is 4.12. The van der Waals surface area contributed by atoms with Gasteiger partial charge in [-0.3, -0.25) is 0 Å². The Hall–Kier alpha value is 0.590. The molecule has 1 nitrogen and oxygen atoms in total.